The fourth-order valence-corrected chi connectivity index (χ4v) is 2.07. The molecule has 1 N–H and O–H groups in total. The van der Waals surface area contributed by atoms with Gasteiger partial charge in [0.05, 0.1) is 6.54 Å². The highest BCUT2D eigenvalue weighted by molar-refractivity contribution is 6.17. The van der Waals surface area contributed by atoms with Gasteiger partial charge in [-0.25, -0.2) is 9.67 Å². The molecule has 0 aliphatic rings. The number of halogens is 1. The van der Waals surface area contributed by atoms with Crippen molar-refractivity contribution in [1.82, 2.24) is 20.1 Å². The Hall–Kier alpha value is -1.39. The molecule has 2 rings (SSSR count). The molecule has 4 nitrogen and oxygen atoms in total. The van der Waals surface area contributed by atoms with E-state index in [1.165, 1.54) is 5.56 Å². The van der Waals surface area contributed by atoms with Crippen LogP contribution in [0.4, 0.5) is 0 Å². The predicted octanol–water partition coefficient (Wildman–Crippen LogP) is 2.72. The van der Waals surface area contributed by atoms with E-state index >= 15 is 0 Å². The summed E-state index contributed by atoms with van der Waals surface area (Å²) in [5, 5.41) is 7.59. The highest BCUT2D eigenvalue weighted by atomic mass is 35.5. The molecule has 0 saturated heterocycles. The van der Waals surface area contributed by atoms with Crippen LogP contribution in [0.2, 0.25) is 0 Å². The standard InChI is InChI=1S/C14H19ClN4/c1-2-7-19-14(17-11-18-19)10-16-9-13-5-3-12(8-15)4-6-13/h3-6,11,16H,2,7-10H2,1H3. The number of rotatable bonds is 7. The average Bonchev–Trinajstić information content (AvgIpc) is 2.88. The Morgan fingerprint density at radius 3 is 2.58 bits per heavy atom. The van der Waals surface area contributed by atoms with E-state index in [9.17, 15) is 0 Å². The van der Waals surface area contributed by atoms with Gasteiger partial charge >= 0.3 is 0 Å². The van der Waals surface area contributed by atoms with Gasteiger partial charge in [-0.2, -0.15) is 5.10 Å². The lowest BCUT2D eigenvalue weighted by molar-refractivity contribution is 0.542. The minimum Gasteiger partial charge on any atom is -0.306 e. The first-order valence-corrected chi connectivity index (χ1v) is 7.08. The normalized spacial score (nSPS) is 10.8. The molecule has 1 aromatic heterocycles. The smallest absolute Gasteiger partial charge is 0.140 e. The van der Waals surface area contributed by atoms with Crippen LogP contribution in [0.15, 0.2) is 30.6 Å². The molecule has 19 heavy (non-hydrogen) atoms. The molecule has 0 radical (unpaired) electrons. The highest BCUT2D eigenvalue weighted by Crippen LogP contribution is 2.07. The van der Waals surface area contributed by atoms with Crippen molar-refractivity contribution in [2.24, 2.45) is 0 Å². The van der Waals surface area contributed by atoms with Gasteiger partial charge in [0.1, 0.15) is 12.2 Å². The van der Waals surface area contributed by atoms with E-state index in [1.807, 2.05) is 4.68 Å². The monoisotopic (exact) mass is 278 g/mol. The number of aromatic nitrogens is 3. The van der Waals surface area contributed by atoms with Gasteiger partial charge in [-0.15, -0.1) is 11.6 Å². The maximum Gasteiger partial charge on any atom is 0.140 e. The Morgan fingerprint density at radius 2 is 1.89 bits per heavy atom. The van der Waals surface area contributed by atoms with Crippen molar-refractivity contribution in [2.45, 2.75) is 38.9 Å². The van der Waals surface area contributed by atoms with Crippen molar-refractivity contribution in [3.8, 4) is 0 Å². The maximum atomic E-state index is 5.76. The lowest BCUT2D eigenvalue weighted by atomic mass is 10.1. The first-order chi connectivity index (χ1) is 9.33. The number of hydrogen-bond acceptors (Lipinski definition) is 3. The van der Waals surface area contributed by atoms with Gasteiger partial charge in [-0.1, -0.05) is 31.2 Å². The summed E-state index contributed by atoms with van der Waals surface area (Å²) < 4.78 is 1.95. The highest BCUT2D eigenvalue weighted by Gasteiger charge is 2.02. The lowest BCUT2D eigenvalue weighted by Crippen LogP contribution is -2.17. The molecule has 0 aliphatic carbocycles. The third-order valence-electron chi connectivity index (χ3n) is 2.92. The molecule has 102 valence electrons. The van der Waals surface area contributed by atoms with Crippen molar-refractivity contribution in [1.29, 1.82) is 0 Å². The maximum absolute atomic E-state index is 5.76. The van der Waals surface area contributed by atoms with Crippen molar-refractivity contribution in [3.63, 3.8) is 0 Å². The quantitative estimate of drug-likeness (QED) is 0.792. The fraction of sp³-hybridized carbons (Fsp3) is 0.429. The largest absolute Gasteiger partial charge is 0.306 e. The minimum atomic E-state index is 0.563. The summed E-state index contributed by atoms with van der Waals surface area (Å²) in [7, 11) is 0. The summed E-state index contributed by atoms with van der Waals surface area (Å²) in [5.41, 5.74) is 2.39. The van der Waals surface area contributed by atoms with Crippen molar-refractivity contribution >= 4 is 11.6 Å². The van der Waals surface area contributed by atoms with Gasteiger partial charge in [0.25, 0.3) is 0 Å². The number of aryl methyl sites for hydroxylation is 1. The summed E-state index contributed by atoms with van der Waals surface area (Å²) in [6.07, 6.45) is 2.68. The molecule has 0 amide bonds. The van der Waals surface area contributed by atoms with Gasteiger partial charge in [0.2, 0.25) is 0 Å². The van der Waals surface area contributed by atoms with Crippen LogP contribution in [-0.4, -0.2) is 14.8 Å². The van der Waals surface area contributed by atoms with Crippen molar-refractivity contribution in [2.75, 3.05) is 0 Å². The molecule has 0 unspecified atom stereocenters. The Balaban J connectivity index is 1.83. The third-order valence-corrected chi connectivity index (χ3v) is 3.23. The number of nitrogens with one attached hydrogen (secondary N) is 1. The van der Waals surface area contributed by atoms with Crippen LogP contribution in [0.1, 0.15) is 30.3 Å². The van der Waals surface area contributed by atoms with Crippen molar-refractivity contribution < 1.29 is 0 Å². The van der Waals surface area contributed by atoms with E-state index in [1.54, 1.807) is 6.33 Å². The van der Waals surface area contributed by atoms with E-state index in [0.29, 0.717) is 5.88 Å². The van der Waals surface area contributed by atoms with Crippen LogP contribution in [-0.2, 0) is 25.5 Å². The number of benzene rings is 1. The predicted molar refractivity (Wildman–Crippen MR) is 76.9 cm³/mol. The van der Waals surface area contributed by atoms with Crippen LogP contribution in [0, 0.1) is 0 Å². The molecular weight excluding hydrogens is 260 g/mol. The summed E-state index contributed by atoms with van der Waals surface area (Å²) >= 11 is 5.76. The molecule has 0 bridgehead atoms. The Morgan fingerprint density at radius 1 is 1.16 bits per heavy atom. The molecule has 2 aromatic rings. The zero-order valence-corrected chi connectivity index (χ0v) is 11.9. The molecule has 0 saturated carbocycles. The first kappa shape index (κ1) is 14.0. The summed E-state index contributed by atoms with van der Waals surface area (Å²) in [6.45, 7) is 4.61. The second-order valence-electron chi connectivity index (χ2n) is 4.45. The Kier molecular flexibility index (Phi) is 5.36. The van der Waals surface area contributed by atoms with E-state index in [-0.39, 0.29) is 0 Å². The molecule has 0 spiro atoms. The number of alkyl halides is 1. The average molecular weight is 279 g/mol. The van der Waals surface area contributed by atoms with Gasteiger partial charge in [0.15, 0.2) is 0 Å². The molecule has 5 heteroatoms. The van der Waals surface area contributed by atoms with E-state index in [2.05, 4.69) is 46.6 Å². The SMILES string of the molecule is CCCn1ncnc1CNCc1ccc(CCl)cc1. The Labute approximate surface area is 118 Å². The number of nitrogens with zero attached hydrogens (tertiary/aromatic N) is 3. The van der Waals surface area contributed by atoms with Crippen LogP contribution in [0.25, 0.3) is 0 Å². The second-order valence-corrected chi connectivity index (χ2v) is 4.72. The van der Waals surface area contributed by atoms with Crippen LogP contribution in [0.3, 0.4) is 0 Å². The van der Waals surface area contributed by atoms with E-state index < -0.39 is 0 Å². The summed E-state index contributed by atoms with van der Waals surface area (Å²) in [4.78, 5) is 4.27. The summed E-state index contributed by atoms with van der Waals surface area (Å²) in [5.74, 6) is 1.55. The Bertz CT molecular complexity index is 492. The number of hydrogen-bond donors (Lipinski definition) is 1. The van der Waals surface area contributed by atoms with Gasteiger partial charge in [0, 0.05) is 19.0 Å². The van der Waals surface area contributed by atoms with Crippen LogP contribution >= 0.6 is 11.6 Å². The zero-order valence-electron chi connectivity index (χ0n) is 11.1. The first-order valence-electron chi connectivity index (χ1n) is 6.54. The topological polar surface area (TPSA) is 42.7 Å². The van der Waals surface area contributed by atoms with E-state index in [4.69, 9.17) is 11.6 Å². The molecule has 1 aromatic carbocycles. The fourth-order valence-electron chi connectivity index (χ4n) is 1.89. The van der Waals surface area contributed by atoms with Crippen LogP contribution < -0.4 is 5.32 Å². The molecule has 0 fully saturated rings. The summed E-state index contributed by atoms with van der Waals surface area (Å²) in [6, 6.07) is 8.32. The second kappa shape index (κ2) is 7.26. The third kappa shape index (κ3) is 4.04. The molecule has 0 aliphatic heterocycles. The minimum absolute atomic E-state index is 0.563. The zero-order chi connectivity index (χ0) is 13.5. The van der Waals surface area contributed by atoms with Crippen LogP contribution in [0.5, 0.6) is 0 Å². The molecule has 0 atom stereocenters. The lowest BCUT2D eigenvalue weighted by Gasteiger charge is -2.07. The van der Waals surface area contributed by atoms with Gasteiger partial charge < -0.3 is 5.32 Å². The molecular formula is C14H19ClN4. The van der Waals surface area contributed by atoms with Crippen molar-refractivity contribution in [3.05, 3.63) is 47.5 Å². The van der Waals surface area contributed by atoms with E-state index in [0.717, 1.165) is 37.4 Å². The van der Waals surface area contributed by atoms with Gasteiger partial charge in [-0.3, -0.25) is 0 Å². The molecule has 1 heterocycles. The van der Waals surface area contributed by atoms with Gasteiger partial charge in [-0.05, 0) is 17.5 Å².